The molecule has 0 bridgehead atoms. The molecule has 0 aromatic heterocycles. The van der Waals surface area contributed by atoms with Crippen molar-refractivity contribution in [3.8, 4) is 0 Å². The zero-order valence-corrected chi connectivity index (χ0v) is 9.63. The first-order valence-corrected chi connectivity index (χ1v) is 6.06. The lowest BCUT2D eigenvalue weighted by Crippen LogP contribution is -2.48. The van der Waals surface area contributed by atoms with Crippen molar-refractivity contribution in [2.75, 3.05) is 19.6 Å². The van der Waals surface area contributed by atoms with Crippen molar-refractivity contribution in [3.05, 3.63) is 35.4 Å². The predicted octanol–water partition coefficient (Wildman–Crippen LogP) is 1.65. The molecule has 1 saturated heterocycles. The van der Waals surface area contributed by atoms with Crippen LogP contribution in [0.4, 0.5) is 8.78 Å². The zero-order chi connectivity index (χ0) is 11.9. The molecule has 1 fully saturated rings. The van der Waals surface area contributed by atoms with Gasteiger partial charge in [0, 0.05) is 19.6 Å². The molecule has 0 spiro atoms. The second-order valence-electron chi connectivity index (χ2n) is 4.90. The Morgan fingerprint density at radius 2 is 2.00 bits per heavy atom. The summed E-state index contributed by atoms with van der Waals surface area (Å²) in [7, 11) is 0. The number of hydrogen-bond donors (Lipinski definition) is 1. The van der Waals surface area contributed by atoms with E-state index in [0.29, 0.717) is 13.1 Å². The van der Waals surface area contributed by atoms with Crippen LogP contribution >= 0.6 is 0 Å². The third-order valence-corrected chi connectivity index (χ3v) is 3.79. The number of benzene rings is 1. The maximum atomic E-state index is 13.7. The summed E-state index contributed by atoms with van der Waals surface area (Å²) < 4.78 is 27.3. The zero-order valence-electron chi connectivity index (χ0n) is 9.63. The number of hydrogen-bond acceptors (Lipinski definition) is 2. The minimum Gasteiger partial charge on any atom is -0.309 e. The Kier molecular flexibility index (Phi) is 2.64. The minimum absolute atomic E-state index is 0.185. The molecule has 2 aliphatic heterocycles. The molecular weight excluding hydrogens is 222 g/mol. The topological polar surface area (TPSA) is 15.3 Å². The van der Waals surface area contributed by atoms with Crippen molar-refractivity contribution >= 4 is 0 Å². The molecule has 2 nitrogen and oxygen atoms in total. The standard InChI is InChI=1S/C13H16F2N2/c14-13(15)9-16-7-12(13)17-6-5-10-3-1-2-4-11(10)8-17/h1-4,12,16H,5-9H2. The first-order chi connectivity index (χ1) is 8.17. The molecule has 17 heavy (non-hydrogen) atoms. The van der Waals surface area contributed by atoms with Crippen molar-refractivity contribution in [2.24, 2.45) is 0 Å². The van der Waals surface area contributed by atoms with Crippen LogP contribution in [0.15, 0.2) is 24.3 Å². The maximum absolute atomic E-state index is 13.7. The molecule has 1 unspecified atom stereocenters. The summed E-state index contributed by atoms with van der Waals surface area (Å²) in [5.41, 5.74) is 2.50. The molecule has 0 amide bonds. The summed E-state index contributed by atoms with van der Waals surface area (Å²) in [5.74, 6) is -2.59. The number of nitrogens with one attached hydrogen (secondary N) is 1. The van der Waals surface area contributed by atoms with E-state index in [1.54, 1.807) is 0 Å². The van der Waals surface area contributed by atoms with Crippen LogP contribution in [-0.4, -0.2) is 36.5 Å². The van der Waals surface area contributed by atoms with Crippen LogP contribution in [0.1, 0.15) is 11.1 Å². The van der Waals surface area contributed by atoms with Crippen LogP contribution in [0.5, 0.6) is 0 Å². The number of nitrogens with zero attached hydrogens (tertiary/aromatic N) is 1. The van der Waals surface area contributed by atoms with Gasteiger partial charge < -0.3 is 5.32 Å². The summed E-state index contributed by atoms with van der Waals surface area (Å²) >= 11 is 0. The Balaban J connectivity index is 1.80. The van der Waals surface area contributed by atoms with Crippen molar-refractivity contribution in [1.82, 2.24) is 10.2 Å². The second-order valence-corrected chi connectivity index (χ2v) is 4.90. The number of rotatable bonds is 1. The summed E-state index contributed by atoms with van der Waals surface area (Å²) in [5, 5.41) is 2.79. The molecule has 0 saturated carbocycles. The number of halogens is 2. The number of alkyl halides is 2. The lowest BCUT2D eigenvalue weighted by Gasteiger charge is -2.35. The molecule has 1 atom stereocenters. The van der Waals surface area contributed by atoms with Gasteiger partial charge in [0.15, 0.2) is 0 Å². The second kappa shape index (κ2) is 4.03. The van der Waals surface area contributed by atoms with Gasteiger partial charge in [-0.1, -0.05) is 24.3 Å². The highest BCUT2D eigenvalue weighted by Gasteiger charge is 2.47. The van der Waals surface area contributed by atoms with E-state index < -0.39 is 12.0 Å². The van der Waals surface area contributed by atoms with E-state index >= 15 is 0 Å². The van der Waals surface area contributed by atoms with Crippen LogP contribution in [0.3, 0.4) is 0 Å². The van der Waals surface area contributed by atoms with Crippen LogP contribution in [-0.2, 0) is 13.0 Å². The van der Waals surface area contributed by atoms with Crippen molar-refractivity contribution in [3.63, 3.8) is 0 Å². The van der Waals surface area contributed by atoms with Crippen LogP contribution in [0, 0.1) is 0 Å². The van der Waals surface area contributed by atoms with Crippen molar-refractivity contribution < 1.29 is 8.78 Å². The average Bonchev–Trinajstić information content (AvgIpc) is 2.68. The van der Waals surface area contributed by atoms with Gasteiger partial charge in [-0.25, -0.2) is 8.78 Å². The van der Waals surface area contributed by atoms with Crippen LogP contribution in [0.25, 0.3) is 0 Å². The largest absolute Gasteiger partial charge is 0.309 e. The molecule has 1 aromatic rings. The smallest absolute Gasteiger partial charge is 0.276 e. The Bertz CT molecular complexity index is 420. The highest BCUT2D eigenvalue weighted by Crippen LogP contribution is 2.30. The fourth-order valence-electron chi connectivity index (χ4n) is 2.82. The molecule has 0 aliphatic carbocycles. The third-order valence-electron chi connectivity index (χ3n) is 3.79. The lowest BCUT2D eigenvalue weighted by molar-refractivity contribution is -0.0520. The molecule has 2 heterocycles. The molecule has 3 rings (SSSR count). The van der Waals surface area contributed by atoms with E-state index in [9.17, 15) is 8.78 Å². The van der Waals surface area contributed by atoms with Gasteiger partial charge in [-0.15, -0.1) is 0 Å². The van der Waals surface area contributed by atoms with Gasteiger partial charge in [0.1, 0.15) is 0 Å². The molecule has 92 valence electrons. The molecule has 0 radical (unpaired) electrons. The van der Waals surface area contributed by atoms with Crippen molar-refractivity contribution in [2.45, 2.75) is 24.9 Å². The van der Waals surface area contributed by atoms with E-state index in [2.05, 4.69) is 11.4 Å². The quantitative estimate of drug-likeness (QED) is 0.800. The summed E-state index contributed by atoms with van der Waals surface area (Å²) in [6, 6.07) is 7.49. The Hall–Kier alpha value is -1.00. The molecule has 1 N–H and O–H groups in total. The summed E-state index contributed by atoms with van der Waals surface area (Å²) in [6.45, 7) is 1.60. The fourth-order valence-corrected chi connectivity index (χ4v) is 2.82. The molecule has 4 heteroatoms. The summed E-state index contributed by atoms with van der Waals surface area (Å²) in [6.07, 6.45) is 0.878. The highest BCUT2D eigenvalue weighted by atomic mass is 19.3. The van der Waals surface area contributed by atoms with E-state index in [4.69, 9.17) is 0 Å². The Morgan fingerprint density at radius 3 is 2.71 bits per heavy atom. The Morgan fingerprint density at radius 1 is 1.24 bits per heavy atom. The lowest BCUT2D eigenvalue weighted by atomic mass is 9.98. The first kappa shape index (κ1) is 11.1. The van der Waals surface area contributed by atoms with E-state index in [-0.39, 0.29) is 6.54 Å². The van der Waals surface area contributed by atoms with E-state index in [0.717, 1.165) is 13.0 Å². The van der Waals surface area contributed by atoms with Crippen LogP contribution < -0.4 is 5.32 Å². The van der Waals surface area contributed by atoms with Gasteiger partial charge in [0.2, 0.25) is 0 Å². The van der Waals surface area contributed by atoms with Gasteiger partial charge in [-0.2, -0.15) is 0 Å². The van der Waals surface area contributed by atoms with E-state index in [1.165, 1.54) is 11.1 Å². The highest BCUT2D eigenvalue weighted by molar-refractivity contribution is 5.29. The average molecular weight is 238 g/mol. The first-order valence-electron chi connectivity index (χ1n) is 6.06. The normalized spacial score (nSPS) is 28.0. The van der Waals surface area contributed by atoms with Gasteiger partial charge in [0.25, 0.3) is 5.92 Å². The van der Waals surface area contributed by atoms with Gasteiger partial charge in [-0.05, 0) is 17.5 Å². The van der Waals surface area contributed by atoms with Gasteiger partial charge in [-0.3, -0.25) is 4.90 Å². The van der Waals surface area contributed by atoms with Gasteiger partial charge in [0.05, 0.1) is 12.6 Å². The van der Waals surface area contributed by atoms with Crippen molar-refractivity contribution in [1.29, 1.82) is 0 Å². The molecule has 1 aromatic carbocycles. The molecular formula is C13H16F2N2. The fraction of sp³-hybridized carbons (Fsp3) is 0.538. The molecule has 2 aliphatic rings. The summed E-state index contributed by atoms with van der Waals surface area (Å²) in [4.78, 5) is 1.92. The van der Waals surface area contributed by atoms with E-state index in [1.807, 2.05) is 23.1 Å². The third kappa shape index (κ3) is 1.96. The SMILES string of the molecule is FC1(F)CNCC1N1CCc2ccccc2C1. The Labute approximate surface area is 99.6 Å². The van der Waals surface area contributed by atoms with Gasteiger partial charge >= 0.3 is 0 Å². The minimum atomic E-state index is -2.59. The van der Waals surface area contributed by atoms with Crippen LogP contribution in [0.2, 0.25) is 0 Å². The maximum Gasteiger partial charge on any atom is 0.276 e. The number of fused-ring (bicyclic) bond motifs is 1. The predicted molar refractivity (Wildman–Crippen MR) is 62.2 cm³/mol. The monoisotopic (exact) mass is 238 g/mol.